The Morgan fingerprint density at radius 3 is 2.41 bits per heavy atom. The lowest BCUT2D eigenvalue weighted by Gasteiger charge is -2.25. The monoisotopic (exact) mass is 405 g/mol. The van der Waals surface area contributed by atoms with Crippen molar-refractivity contribution in [3.05, 3.63) is 54.6 Å². The van der Waals surface area contributed by atoms with E-state index in [9.17, 15) is 0 Å². The quantitative estimate of drug-likeness (QED) is 0.473. The standard InChI is InChI=1S/C21H23N7S/c1-27(2)15-16-28(14-6-13-22)19-11-9-18(10-12-19)24-25-21-23-20(26-29-21)17-7-4-3-5-8-17/h3-5,7-12H,6,14-16H2,1-2H3/b25-24+. The van der Waals surface area contributed by atoms with Crippen LogP contribution in [0.25, 0.3) is 11.4 Å². The Balaban J connectivity index is 1.66. The van der Waals surface area contributed by atoms with Crippen LogP contribution in [-0.4, -0.2) is 48.0 Å². The van der Waals surface area contributed by atoms with Gasteiger partial charge < -0.3 is 9.80 Å². The summed E-state index contributed by atoms with van der Waals surface area (Å²) in [5.74, 6) is 0.661. The summed E-state index contributed by atoms with van der Waals surface area (Å²) in [6, 6.07) is 19.9. The molecule has 7 nitrogen and oxygen atoms in total. The molecule has 0 aliphatic carbocycles. The van der Waals surface area contributed by atoms with Crippen molar-refractivity contribution >= 4 is 28.0 Å². The minimum Gasteiger partial charge on any atom is -0.369 e. The molecule has 0 fully saturated rings. The molecule has 0 aliphatic rings. The molecule has 0 aliphatic heterocycles. The van der Waals surface area contributed by atoms with Gasteiger partial charge in [-0.15, -0.1) is 10.2 Å². The van der Waals surface area contributed by atoms with Gasteiger partial charge in [0.2, 0.25) is 5.13 Å². The number of rotatable bonds is 9. The molecular formula is C21H23N7S. The predicted octanol–water partition coefficient (Wildman–Crippen LogP) is 4.90. The van der Waals surface area contributed by atoms with Crippen LogP contribution in [0.1, 0.15) is 6.42 Å². The second kappa shape index (κ2) is 10.4. The fourth-order valence-corrected chi connectivity index (χ4v) is 3.19. The minimum absolute atomic E-state index is 0.496. The van der Waals surface area contributed by atoms with E-state index in [-0.39, 0.29) is 0 Å². The van der Waals surface area contributed by atoms with Gasteiger partial charge in [0.1, 0.15) is 0 Å². The molecule has 2 aromatic carbocycles. The van der Waals surface area contributed by atoms with Crippen LogP contribution >= 0.6 is 11.5 Å². The molecule has 0 bridgehead atoms. The van der Waals surface area contributed by atoms with Crippen molar-refractivity contribution in [3.63, 3.8) is 0 Å². The van der Waals surface area contributed by atoms with Crippen LogP contribution in [0, 0.1) is 11.3 Å². The van der Waals surface area contributed by atoms with E-state index in [0.29, 0.717) is 23.9 Å². The first-order valence-corrected chi connectivity index (χ1v) is 10.1. The minimum atomic E-state index is 0.496. The summed E-state index contributed by atoms with van der Waals surface area (Å²) in [4.78, 5) is 8.76. The third-order valence-electron chi connectivity index (χ3n) is 4.22. The molecule has 8 heteroatoms. The van der Waals surface area contributed by atoms with Gasteiger partial charge in [-0.05, 0) is 38.4 Å². The number of anilines is 1. The number of aromatic nitrogens is 2. The first-order chi connectivity index (χ1) is 14.2. The lowest BCUT2D eigenvalue weighted by molar-refractivity contribution is 0.413. The van der Waals surface area contributed by atoms with Crippen molar-refractivity contribution in [1.29, 1.82) is 5.26 Å². The van der Waals surface area contributed by atoms with Crippen molar-refractivity contribution in [2.75, 3.05) is 38.6 Å². The number of nitriles is 1. The molecule has 3 rings (SSSR count). The first-order valence-electron chi connectivity index (χ1n) is 9.33. The molecule has 0 atom stereocenters. The van der Waals surface area contributed by atoms with Crippen LogP contribution in [0.3, 0.4) is 0 Å². The summed E-state index contributed by atoms with van der Waals surface area (Å²) in [6.45, 7) is 2.49. The van der Waals surface area contributed by atoms with E-state index in [1.165, 1.54) is 11.5 Å². The maximum absolute atomic E-state index is 8.91. The van der Waals surface area contributed by atoms with E-state index >= 15 is 0 Å². The summed E-state index contributed by atoms with van der Waals surface area (Å²) >= 11 is 1.23. The third kappa shape index (κ3) is 6.17. The first kappa shape index (κ1) is 20.6. The van der Waals surface area contributed by atoms with E-state index in [4.69, 9.17) is 5.26 Å². The highest BCUT2D eigenvalue weighted by Gasteiger charge is 2.08. The number of azo groups is 1. The Labute approximate surface area is 175 Å². The fourth-order valence-electron chi connectivity index (χ4n) is 2.67. The van der Waals surface area contributed by atoms with Crippen molar-refractivity contribution in [3.8, 4) is 17.5 Å². The van der Waals surface area contributed by atoms with Crippen LogP contribution < -0.4 is 4.90 Å². The highest BCUT2D eigenvalue weighted by molar-refractivity contribution is 7.09. The SMILES string of the molecule is CN(C)CCN(CCC#N)c1ccc(/N=N/c2nc(-c3ccccc3)ns2)cc1. The second-order valence-electron chi connectivity index (χ2n) is 6.68. The van der Waals surface area contributed by atoms with E-state index < -0.39 is 0 Å². The Hall–Kier alpha value is -3.15. The molecule has 0 saturated carbocycles. The van der Waals surface area contributed by atoms with Gasteiger partial charge in [0, 0.05) is 42.4 Å². The highest BCUT2D eigenvalue weighted by Crippen LogP contribution is 2.26. The molecule has 1 heterocycles. The average molecular weight is 406 g/mol. The average Bonchev–Trinajstić information content (AvgIpc) is 3.22. The zero-order valence-electron chi connectivity index (χ0n) is 16.6. The Bertz CT molecular complexity index is 959. The van der Waals surface area contributed by atoms with E-state index in [1.54, 1.807) is 0 Å². The molecule has 148 valence electrons. The van der Waals surface area contributed by atoms with E-state index in [2.05, 4.69) is 35.5 Å². The Kier molecular flexibility index (Phi) is 7.39. The van der Waals surface area contributed by atoms with Gasteiger partial charge in [0.15, 0.2) is 5.82 Å². The molecule has 1 aromatic heterocycles. The summed E-state index contributed by atoms with van der Waals surface area (Å²) in [6.07, 6.45) is 0.496. The summed E-state index contributed by atoms with van der Waals surface area (Å²) in [5, 5.41) is 17.9. The lowest BCUT2D eigenvalue weighted by atomic mass is 10.2. The largest absolute Gasteiger partial charge is 0.369 e. The number of likely N-dealkylation sites (N-methyl/N-ethyl adjacent to an activating group) is 1. The van der Waals surface area contributed by atoms with Crippen LogP contribution in [0.2, 0.25) is 0 Å². The molecule has 29 heavy (non-hydrogen) atoms. The van der Waals surface area contributed by atoms with Crippen LogP contribution in [0.4, 0.5) is 16.5 Å². The van der Waals surface area contributed by atoms with Gasteiger partial charge in [0.25, 0.3) is 0 Å². The van der Waals surface area contributed by atoms with Gasteiger partial charge in [-0.25, -0.2) is 0 Å². The number of nitrogens with zero attached hydrogens (tertiary/aromatic N) is 7. The van der Waals surface area contributed by atoms with Gasteiger partial charge >= 0.3 is 0 Å². The number of benzene rings is 2. The van der Waals surface area contributed by atoms with Gasteiger partial charge in [0.05, 0.1) is 18.2 Å². The van der Waals surface area contributed by atoms with Crippen molar-refractivity contribution in [1.82, 2.24) is 14.3 Å². The molecule has 0 unspecified atom stereocenters. The molecule has 0 N–H and O–H groups in total. The third-order valence-corrected chi connectivity index (χ3v) is 4.82. The van der Waals surface area contributed by atoms with Gasteiger partial charge in [-0.2, -0.15) is 14.6 Å². The van der Waals surface area contributed by atoms with Crippen LogP contribution in [-0.2, 0) is 0 Å². The Morgan fingerprint density at radius 2 is 1.72 bits per heavy atom. The maximum atomic E-state index is 8.91. The molecule has 0 radical (unpaired) electrons. The molecule has 0 amide bonds. The van der Waals surface area contributed by atoms with Crippen molar-refractivity contribution in [2.45, 2.75) is 6.42 Å². The fraction of sp³-hybridized carbons (Fsp3) is 0.286. The second-order valence-corrected chi connectivity index (χ2v) is 7.41. The normalized spacial score (nSPS) is 11.1. The van der Waals surface area contributed by atoms with Crippen LogP contribution in [0.5, 0.6) is 0 Å². The predicted molar refractivity (Wildman–Crippen MR) is 117 cm³/mol. The van der Waals surface area contributed by atoms with E-state index in [1.807, 2.05) is 68.7 Å². The molecular weight excluding hydrogens is 382 g/mol. The summed E-state index contributed by atoms with van der Waals surface area (Å²) in [5.41, 5.74) is 2.78. The smallest absolute Gasteiger partial charge is 0.249 e. The van der Waals surface area contributed by atoms with Crippen molar-refractivity contribution in [2.24, 2.45) is 10.2 Å². The van der Waals surface area contributed by atoms with Gasteiger partial charge in [-0.3, -0.25) is 0 Å². The molecule has 0 spiro atoms. The Morgan fingerprint density at radius 1 is 0.966 bits per heavy atom. The number of hydrogen-bond acceptors (Lipinski definition) is 8. The zero-order valence-corrected chi connectivity index (χ0v) is 17.4. The zero-order chi connectivity index (χ0) is 20.5. The lowest BCUT2D eigenvalue weighted by Crippen LogP contribution is -2.32. The van der Waals surface area contributed by atoms with E-state index in [0.717, 1.165) is 30.0 Å². The maximum Gasteiger partial charge on any atom is 0.249 e. The van der Waals surface area contributed by atoms with Crippen molar-refractivity contribution < 1.29 is 0 Å². The van der Waals surface area contributed by atoms with Gasteiger partial charge in [-0.1, -0.05) is 30.3 Å². The molecule has 0 saturated heterocycles. The van der Waals surface area contributed by atoms with Crippen LogP contribution in [0.15, 0.2) is 64.8 Å². The highest BCUT2D eigenvalue weighted by atomic mass is 32.1. The molecule has 3 aromatic rings. The summed E-state index contributed by atoms with van der Waals surface area (Å²) in [7, 11) is 4.09. The summed E-state index contributed by atoms with van der Waals surface area (Å²) < 4.78 is 4.34. The number of hydrogen-bond donors (Lipinski definition) is 0. The topological polar surface area (TPSA) is 80.8 Å².